The third-order valence-electron chi connectivity index (χ3n) is 2.88. The number of ether oxygens (including phenoxy) is 1. The van der Waals surface area contributed by atoms with Crippen molar-refractivity contribution in [2.24, 2.45) is 0 Å². The van der Waals surface area contributed by atoms with E-state index in [1.54, 1.807) is 18.9 Å². The normalized spacial score (nSPS) is 10.5. The molecule has 0 atom stereocenters. The number of hydrogen-bond donors (Lipinski definition) is 1. The summed E-state index contributed by atoms with van der Waals surface area (Å²) in [5, 5.41) is 0.727. The van der Waals surface area contributed by atoms with Crippen LogP contribution in [0.4, 0.5) is 5.69 Å². The van der Waals surface area contributed by atoms with Gasteiger partial charge in [-0.25, -0.2) is 0 Å². The number of halogens is 1. The molecule has 2 rings (SSSR count). The predicted octanol–water partition coefficient (Wildman–Crippen LogP) is 4.53. The van der Waals surface area contributed by atoms with Gasteiger partial charge in [0, 0.05) is 26.9 Å². The number of anilines is 1. The van der Waals surface area contributed by atoms with Crippen molar-refractivity contribution in [1.29, 1.82) is 0 Å². The highest BCUT2D eigenvalue weighted by atomic mass is 35.5. The first-order valence-electron chi connectivity index (χ1n) is 5.91. The van der Waals surface area contributed by atoms with Crippen LogP contribution in [0.25, 0.3) is 0 Å². The molecule has 0 unspecified atom stereocenters. The summed E-state index contributed by atoms with van der Waals surface area (Å²) in [7, 11) is 1.67. The van der Waals surface area contributed by atoms with Crippen LogP contribution in [0.3, 0.4) is 0 Å². The maximum atomic E-state index is 6.02. The summed E-state index contributed by atoms with van der Waals surface area (Å²) in [6.45, 7) is 2.01. The highest BCUT2D eigenvalue weighted by molar-refractivity contribution is 7.98. The van der Waals surface area contributed by atoms with Gasteiger partial charge in [-0.2, -0.15) is 0 Å². The molecular formula is C15H16ClNOS. The van der Waals surface area contributed by atoms with E-state index >= 15 is 0 Å². The summed E-state index contributed by atoms with van der Waals surface area (Å²) in [4.78, 5) is 1.19. The van der Waals surface area contributed by atoms with Crippen LogP contribution in [0, 0.1) is 6.92 Å². The molecule has 2 aromatic rings. The lowest BCUT2D eigenvalue weighted by atomic mass is 10.2. The van der Waals surface area contributed by atoms with E-state index in [-0.39, 0.29) is 0 Å². The van der Waals surface area contributed by atoms with Crippen LogP contribution in [0.5, 0.6) is 5.75 Å². The molecule has 0 aromatic heterocycles. The van der Waals surface area contributed by atoms with Crippen molar-refractivity contribution in [2.75, 3.05) is 12.8 Å². The van der Waals surface area contributed by atoms with Crippen molar-refractivity contribution in [1.82, 2.24) is 0 Å². The Bertz CT molecular complexity index is 586. The Hall–Kier alpha value is -1.32. The topological polar surface area (TPSA) is 35.2 Å². The number of nitrogens with two attached hydrogens (primary N) is 1. The van der Waals surface area contributed by atoms with Crippen molar-refractivity contribution in [3.63, 3.8) is 0 Å². The van der Waals surface area contributed by atoms with E-state index in [4.69, 9.17) is 22.1 Å². The van der Waals surface area contributed by atoms with Gasteiger partial charge in [0.15, 0.2) is 0 Å². The van der Waals surface area contributed by atoms with Crippen LogP contribution < -0.4 is 10.5 Å². The Balaban J connectivity index is 2.13. The molecule has 0 spiro atoms. The number of rotatable bonds is 4. The second-order valence-corrected chi connectivity index (χ2v) is 5.75. The Labute approximate surface area is 122 Å². The van der Waals surface area contributed by atoms with Gasteiger partial charge in [0.25, 0.3) is 0 Å². The van der Waals surface area contributed by atoms with Crippen molar-refractivity contribution in [3.8, 4) is 5.75 Å². The van der Waals surface area contributed by atoms with E-state index < -0.39 is 0 Å². The highest BCUT2D eigenvalue weighted by Gasteiger charge is 2.05. The Morgan fingerprint density at radius 2 is 2.00 bits per heavy atom. The lowest BCUT2D eigenvalue weighted by Gasteiger charge is -2.09. The molecule has 0 saturated heterocycles. The minimum absolute atomic E-state index is 0.727. The van der Waals surface area contributed by atoms with Gasteiger partial charge in [-0.1, -0.05) is 11.6 Å². The summed E-state index contributed by atoms with van der Waals surface area (Å²) in [5.74, 6) is 1.68. The Morgan fingerprint density at radius 3 is 2.68 bits per heavy atom. The second-order valence-electron chi connectivity index (χ2n) is 4.26. The van der Waals surface area contributed by atoms with Gasteiger partial charge >= 0.3 is 0 Å². The van der Waals surface area contributed by atoms with Gasteiger partial charge in [0.05, 0.1) is 7.11 Å². The fourth-order valence-corrected chi connectivity index (χ4v) is 2.93. The van der Waals surface area contributed by atoms with Crippen LogP contribution in [-0.2, 0) is 5.75 Å². The maximum absolute atomic E-state index is 6.02. The van der Waals surface area contributed by atoms with E-state index in [1.165, 1.54) is 4.90 Å². The highest BCUT2D eigenvalue weighted by Crippen LogP contribution is 2.31. The van der Waals surface area contributed by atoms with Gasteiger partial charge in [-0.15, -0.1) is 11.8 Å². The van der Waals surface area contributed by atoms with Crippen LogP contribution in [0.15, 0.2) is 41.3 Å². The minimum atomic E-state index is 0.727. The lowest BCUT2D eigenvalue weighted by Crippen LogP contribution is -1.91. The van der Waals surface area contributed by atoms with Crippen LogP contribution in [-0.4, -0.2) is 7.11 Å². The minimum Gasteiger partial charge on any atom is -0.496 e. The average molecular weight is 294 g/mol. The standard InChI is InChI=1S/C15H16ClNOS/c1-10-7-13(4-5-14(10)17)19-9-11-8-12(16)3-6-15(11)18-2/h3-8H,9,17H2,1-2H3. The van der Waals surface area contributed by atoms with Gasteiger partial charge in [0.1, 0.15) is 5.75 Å². The number of methoxy groups -OCH3 is 1. The molecule has 0 aliphatic rings. The number of benzene rings is 2. The fourth-order valence-electron chi connectivity index (χ4n) is 1.76. The molecule has 4 heteroatoms. The molecule has 2 nitrogen and oxygen atoms in total. The molecule has 2 N–H and O–H groups in total. The molecule has 0 radical (unpaired) electrons. The summed E-state index contributed by atoms with van der Waals surface area (Å²) >= 11 is 7.76. The molecule has 0 amide bonds. The SMILES string of the molecule is COc1ccc(Cl)cc1CSc1ccc(N)c(C)c1. The maximum Gasteiger partial charge on any atom is 0.123 e. The van der Waals surface area contributed by atoms with Crippen molar-refractivity contribution < 1.29 is 4.74 Å². The first kappa shape index (κ1) is 14.1. The summed E-state index contributed by atoms with van der Waals surface area (Å²) < 4.78 is 5.34. The summed E-state index contributed by atoms with van der Waals surface area (Å²) in [6, 6.07) is 11.7. The molecule has 2 aromatic carbocycles. The third-order valence-corrected chi connectivity index (χ3v) is 4.16. The number of thioether (sulfide) groups is 1. The second kappa shape index (κ2) is 6.22. The van der Waals surface area contributed by atoms with Crippen molar-refractivity contribution in [2.45, 2.75) is 17.6 Å². The number of aryl methyl sites for hydroxylation is 1. The number of hydrogen-bond acceptors (Lipinski definition) is 3. The fraction of sp³-hybridized carbons (Fsp3) is 0.200. The quantitative estimate of drug-likeness (QED) is 0.664. The van der Waals surface area contributed by atoms with Gasteiger partial charge in [-0.05, 0) is 48.9 Å². The molecule has 0 fully saturated rings. The van der Waals surface area contributed by atoms with E-state index in [1.807, 2.05) is 37.3 Å². The molecular weight excluding hydrogens is 278 g/mol. The van der Waals surface area contributed by atoms with Crippen LogP contribution in [0.1, 0.15) is 11.1 Å². The van der Waals surface area contributed by atoms with Crippen molar-refractivity contribution >= 4 is 29.1 Å². The first-order valence-corrected chi connectivity index (χ1v) is 7.28. The summed E-state index contributed by atoms with van der Waals surface area (Å²) in [5.41, 5.74) is 8.83. The van der Waals surface area contributed by atoms with Gasteiger partial charge < -0.3 is 10.5 Å². The first-order chi connectivity index (χ1) is 9.10. The van der Waals surface area contributed by atoms with E-state index in [2.05, 4.69) is 6.07 Å². The van der Waals surface area contributed by atoms with Crippen LogP contribution >= 0.6 is 23.4 Å². The Kier molecular flexibility index (Phi) is 4.61. The van der Waals surface area contributed by atoms with E-state index in [0.717, 1.165) is 33.3 Å². The van der Waals surface area contributed by atoms with Gasteiger partial charge in [-0.3, -0.25) is 0 Å². The van der Waals surface area contributed by atoms with Crippen molar-refractivity contribution in [3.05, 3.63) is 52.5 Å². The number of nitrogen functional groups attached to an aromatic ring is 1. The molecule has 0 aliphatic carbocycles. The zero-order valence-corrected chi connectivity index (χ0v) is 12.5. The molecule has 100 valence electrons. The molecule has 0 heterocycles. The van der Waals surface area contributed by atoms with Crippen LogP contribution in [0.2, 0.25) is 5.02 Å². The molecule has 0 bridgehead atoms. The van der Waals surface area contributed by atoms with E-state index in [0.29, 0.717) is 0 Å². The molecule has 0 saturated carbocycles. The van der Waals surface area contributed by atoms with E-state index in [9.17, 15) is 0 Å². The lowest BCUT2D eigenvalue weighted by molar-refractivity contribution is 0.411. The molecule has 0 aliphatic heterocycles. The monoisotopic (exact) mass is 293 g/mol. The average Bonchev–Trinajstić information content (AvgIpc) is 2.40. The smallest absolute Gasteiger partial charge is 0.123 e. The predicted molar refractivity (Wildman–Crippen MR) is 83.2 cm³/mol. The van der Waals surface area contributed by atoms with Gasteiger partial charge in [0.2, 0.25) is 0 Å². The third kappa shape index (κ3) is 3.58. The molecule has 19 heavy (non-hydrogen) atoms. The zero-order chi connectivity index (χ0) is 13.8. The largest absolute Gasteiger partial charge is 0.496 e. The Morgan fingerprint density at radius 1 is 1.21 bits per heavy atom. The zero-order valence-electron chi connectivity index (χ0n) is 10.9. The summed E-state index contributed by atoms with van der Waals surface area (Å²) in [6.07, 6.45) is 0.